The summed E-state index contributed by atoms with van der Waals surface area (Å²) in [5.74, 6) is 0.881. The summed E-state index contributed by atoms with van der Waals surface area (Å²) in [6.07, 6.45) is 4.57. The molecule has 0 spiro atoms. The van der Waals surface area contributed by atoms with Crippen molar-refractivity contribution >= 4 is 5.91 Å². The molecule has 3 rings (SSSR count). The molecule has 144 valence electrons. The summed E-state index contributed by atoms with van der Waals surface area (Å²) in [5, 5.41) is 3.16. The number of hydrogen-bond acceptors (Lipinski definition) is 5. The van der Waals surface area contributed by atoms with Crippen LogP contribution in [0.2, 0.25) is 0 Å². The molecular weight excluding hydrogens is 328 g/mol. The van der Waals surface area contributed by atoms with Crippen molar-refractivity contribution in [1.29, 1.82) is 0 Å². The average Bonchev–Trinajstić information content (AvgIpc) is 3.27. The number of carbonyl (C=O) groups is 1. The molecule has 1 aromatic rings. The average molecular weight is 361 g/mol. The molecule has 5 N–H and O–H groups in total. The summed E-state index contributed by atoms with van der Waals surface area (Å²) in [6.45, 7) is 4.76. The zero-order valence-corrected chi connectivity index (χ0v) is 16.0. The molecule has 0 bridgehead atoms. The highest BCUT2D eigenvalue weighted by atomic mass is 16.5. The predicted molar refractivity (Wildman–Crippen MR) is 103 cm³/mol. The minimum atomic E-state index is -0.517. The summed E-state index contributed by atoms with van der Waals surface area (Å²) in [4.78, 5) is 12.7. The van der Waals surface area contributed by atoms with Crippen LogP contribution in [0.5, 0.6) is 5.75 Å². The van der Waals surface area contributed by atoms with Crippen LogP contribution in [0.25, 0.3) is 0 Å². The number of hydrazine groups is 1. The third kappa shape index (κ3) is 3.72. The Morgan fingerprint density at radius 2 is 1.81 bits per heavy atom. The molecule has 1 aliphatic carbocycles. The number of hydrogen-bond donors (Lipinski definition) is 4. The van der Waals surface area contributed by atoms with Gasteiger partial charge in [-0.15, -0.1) is 0 Å². The molecule has 1 saturated heterocycles. The Kier molecular flexibility index (Phi) is 5.85. The first kappa shape index (κ1) is 19.1. The van der Waals surface area contributed by atoms with E-state index in [1.807, 2.05) is 12.1 Å². The van der Waals surface area contributed by atoms with Gasteiger partial charge >= 0.3 is 0 Å². The number of rotatable bonds is 6. The Balaban J connectivity index is 1.67. The van der Waals surface area contributed by atoms with Gasteiger partial charge < -0.3 is 15.8 Å². The summed E-state index contributed by atoms with van der Waals surface area (Å²) < 4.78 is 5.27. The quantitative estimate of drug-likeness (QED) is 0.617. The van der Waals surface area contributed by atoms with E-state index in [0.717, 1.165) is 18.6 Å². The second kappa shape index (κ2) is 7.94. The van der Waals surface area contributed by atoms with Gasteiger partial charge in [0.25, 0.3) is 0 Å². The van der Waals surface area contributed by atoms with Crippen LogP contribution in [-0.4, -0.2) is 37.7 Å². The van der Waals surface area contributed by atoms with Crippen LogP contribution in [0.1, 0.15) is 45.1 Å². The van der Waals surface area contributed by atoms with Gasteiger partial charge in [-0.1, -0.05) is 25.0 Å². The van der Waals surface area contributed by atoms with Crippen molar-refractivity contribution in [3.8, 4) is 5.75 Å². The summed E-state index contributed by atoms with van der Waals surface area (Å²) in [5.41, 5.74) is 13.9. The smallest absolute Gasteiger partial charge is 0.237 e. The van der Waals surface area contributed by atoms with Gasteiger partial charge in [0.05, 0.1) is 13.2 Å². The second-order valence-corrected chi connectivity index (χ2v) is 7.90. The molecule has 0 radical (unpaired) electrons. The fourth-order valence-corrected chi connectivity index (χ4v) is 4.62. The number of methoxy groups -OCH3 is 1. The Bertz CT molecular complexity index is 603. The summed E-state index contributed by atoms with van der Waals surface area (Å²) in [6, 6.07) is 8.10. The Morgan fingerprint density at radius 1 is 1.23 bits per heavy atom. The van der Waals surface area contributed by atoms with E-state index in [9.17, 15) is 4.79 Å². The van der Waals surface area contributed by atoms with Crippen LogP contribution in [0.3, 0.4) is 0 Å². The van der Waals surface area contributed by atoms with Crippen LogP contribution in [0, 0.1) is 5.92 Å². The number of ether oxygens (including phenoxy) is 1. The first-order valence-electron chi connectivity index (χ1n) is 9.66. The van der Waals surface area contributed by atoms with Crippen molar-refractivity contribution in [2.45, 2.75) is 63.1 Å². The molecule has 3 unspecified atom stereocenters. The number of nitrogens with two attached hydrogens (primary N) is 1. The zero-order valence-electron chi connectivity index (χ0n) is 16.0. The van der Waals surface area contributed by atoms with Crippen LogP contribution in [0.15, 0.2) is 24.3 Å². The second-order valence-electron chi connectivity index (χ2n) is 7.90. The molecule has 3 atom stereocenters. The Hall–Kier alpha value is -1.63. The maximum atomic E-state index is 12.7. The topological polar surface area (TPSA) is 88.4 Å². The lowest BCUT2D eigenvalue weighted by molar-refractivity contribution is -0.124. The first-order valence-corrected chi connectivity index (χ1v) is 9.66. The molecule has 2 aliphatic rings. The Morgan fingerprint density at radius 3 is 2.35 bits per heavy atom. The number of nitrogens with one attached hydrogen (secondary N) is 3. The lowest BCUT2D eigenvalue weighted by Gasteiger charge is -2.32. The summed E-state index contributed by atoms with van der Waals surface area (Å²) >= 11 is 0. The van der Waals surface area contributed by atoms with Gasteiger partial charge in [-0.3, -0.25) is 15.6 Å². The van der Waals surface area contributed by atoms with E-state index in [0.29, 0.717) is 6.54 Å². The monoisotopic (exact) mass is 360 g/mol. The van der Waals surface area contributed by atoms with E-state index in [4.69, 9.17) is 10.5 Å². The molecule has 0 aromatic heterocycles. The molecule has 2 fully saturated rings. The van der Waals surface area contributed by atoms with E-state index in [-0.39, 0.29) is 29.3 Å². The highest BCUT2D eigenvalue weighted by molar-refractivity contribution is 5.82. The van der Waals surface area contributed by atoms with Crippen molar-refractivity contribution in [2.24, 2.45) is 11.7 Å². The van der Waals surface area contributed by atoms with Crippen molar-refractivity contribution in [2.75, 3.05) is 13.7 Å². The number of benzene rings is 1. The van der Waals surface area contributed by atoms with Crippen molar-refractivity contribution in [1.82, 2.24) is 16.2 Å². The van der Waals surface area contributed by atoms with Gasteiger partial charge in [-0.05, 0) is 44.4 Å². The molecule has 1 saturated carbocycles. The van der Waals surface area contributed by atoms with Crippen LogP contribution >= 0.6 is 0 Å². The third-order valence-electron chi connectivity index (χ3n) is 6.27. The van der Waals surface area contributed by atoms with Crippen LogP contribution in [0.4, 0.5) is 0 Å². The molecule has 6 heteroatoms. The maximum absolute atomic E-state index is 12.7. The summed E-state index contributed by atoms with van der Waals surface area (Å²) in [7, 11) is 1.68. The van der Waals surface area contributed by atoms with E-state index in [1.165, 1.54) is 18.4 Å². The SMILES string of the molecule is COc1ccc(C2(CNC(=O)C(N)C3C(C)NNC3C)CCCC2)cc1. The first-order chi connectivity index (χ1) is 12.5. The van der Waals surface area contributed by atoms with E-state index in [1.54, 1.807) is 7.11 Å². The van der Waals surface area contributed by atoms with Gasteiger partial charge in [0, 0.05) is 30.0 Å². The number of amides is 1. The highest BCUT2D eigenvalue weighted by Crippen LogP contribution is 2.41. The molecule has 1 heterocycles. The lowest BCUT2D eigenvalue weighted by Crippen LogP contribution is -2.53. The fraction of sp³-hybridized carbons (Fsp3) is 0.650. The maximum Gasteiger partial charge on any atom is 0.237 e. The molecule has 26 heavy (non-hydrogen) atoms. The van der Waals surface area contributed by atoms with Gasteiger partial charge in [-0.2, -0.15) is 0 Å². The van der Waals surface area contributed by atoms with E-state index >= 15 is 0 Å². The van der Waals surface area contributed by atoms with Gasteiger partial charge in [0.15, 0.2) is 0 Å². The molecule has 1 aliphatic heterocycles. The van der Waals surface area contributed by atoms with Gasteiger partial charge in [0.2, 0.25) is 5.91 Å². The van der Waals surface area contributed by atoms with Crippen LogP contribution in [-0.2, 0) is 10.2 Å². The minimum absolute atomic E-state index is 0.00502. The molecule has 6 nitrogen and oxygen atoms in total. The fourth-order valence-electron chi connectivity index (χ4n) is 4.62. The van der Waals surface area contributed by atoms with Crippen molar-refractivity contribution in [3.63, 3.8) is 0 Å². The van der Waals surface area contributed by atoms with Gasteiger partial charge in [0.1, 0.15) is 5.75 Å². The van der Waals surface area contributed by atoms with Gasteiger partial charge in [-0.25, -0.2) is 0 Å². The van der Waals surface area contributed by atoms with E-state index < -0.39 is 6.04 Å². The van der Waals surface area contributed by atoms with Crippen molar-refractivity contribution in [3.05, 3.63) is 29.8 Å². The highest BCUT2D eigenvalue weighted by Gasteiger charge is 2.40. The zero-order chi connectivity index (χ0) is 18.7. The van der Waals surface area contributed by atoms with Crippen LogP contribution < -0.4 is 26.6 Å². The third-order valence-corrected chi connectivity index (χ3v) is 6.27. The normalized spacial score (nSPS) is 28.7. The predicted octanol–water partition coefficient (Wildman–Crippen LogP) is 1.45. The molecule has 1 amide bonds. The number of carbonyl (C=O) groups excluding carboxylic acids is 1. The molecule has 1 aromatic carbocycles. The van der Waals surface area contributed by atoms with E-state index in [2.05, 4.69) is 42.1 Å². The largest absolute Gasteiger partial charge is 0.497 e. The molecular formula is C20H32N4O2. The Labute approximate surface area is 156 Å². The lowest BCUT2D eigenvalue weighted by atomic mass is 9.78. The minimum Gasteiger partial charge on any atom is -0.497 e. The standard InChI is InChI=1S/C20H32N4O2/c1-13-17(14(2)24-23-13)18(21)19(25)22-12-20(10-4-5-11-20)15-6-8-16(26-3)9-7-15/h6-9,13-14,17-18,23-24H,4-5,10-12,21H2,1-3H3,(H,22,25). The van der Waals surface area contributed by atoms with Crippen molar-refractivity contribution < 1.29 is 9.53 Å².